The summed E-state index contributed by atoms with van der Waals surface area (Å²) in [7, 11) is 0. The minimum Gasteiger partial charge on any atom is -0.508 e. The Bertz CT molecular complexity index is 1650. The van der Waals surface area contributed by atoms with Crippen molar-refractivity contribution < 1.29 is 29.0 Å². The van der Waals surface area contributed by atoms with Gasteiger partial charge in [-0.05, 0) is 64.0 Å². The molecule has 0 bridgehead atoms. The van der Waals surface area contributed by atoms with Crippen LogP contribution in [0.25, 0.3) is 0 Å². The van der Waals surface area contributed by atoms with E-state index in [2.05, 4.69) is 15.9 Å². The molecular weight excluding hydrogens is 574 g/mol. The number of nitrogens with zero attached hydrogens (tertiary/aromatic N) is 1. The summed E-state index contributed by atoms with van der Waals surface area (Å²) in [5.41, 5.74) is 4.08. The molecule has 8 heteroatoms. The minimum absolute atomic E-state index is 0.106. The molecule has 0 radical (unpaired) electrons. The van der Waals surface area contributed by atoms with Gasteiger partial charge in [-0.3, -0.25) is 24.1 Å². The van der Waals surface area contributed by atoms with Crippen molar-refractivity contribution in [3.05, 3.63) is 105 Å². The zero-order chi connectivity index (χ0) is 27.7. The van der Waals surface area contributed by atoms with Crippen LogP contribution in [-0.2, 0) is 32.1 Å². The van der Waals surface area contributed by atoms with E-state index in [0.717, 1.165) is 22.3 Å². The number of amides is 2. The molecule has 2 heterocycles. The molecule has 0 unspecified atom stereocenters. The molecular formula is C32H24BrNO6. The minimum atomic E-state index is -0.609. The third-order valence-electron chi connectivity index (χ3n) is 8.75. The second kappa shape index (κ2) is 9.27. The average molecular weight is 598 g/mol. The molecule has 7 rings (SSSR count). The number of rotatable bonds is 3. The Balaban J connectivity index is 1.30. The Morgan fingerprint density at radius 1 is 1.00 bits per heavy atom. The average Bonchev–Trinajstić information content (AvgIpc) is 3.20. The van der Waals surface area contributed by atoms with Crippen LogP contribution in [0, 0.1) is 23.7 Å². The van der Waals surface area contributed by atoms with E-state index < -0.39 is 23.7 Å². The van der Waals surface area contributed by atoms with Gasteiger partial charge in [0.15, 0.2) is 11.6 Å². The van der Waals surface area contributed by atoms with Crippen LogP contribution in [0.3, 0.4) is 0 Å². The van der Waals surface area contributed by atoms with Gasteiger partial charge in [0.1, 0.15) is 11.5 Å². The molecule has 2 aromatic carbocycles. The van der Waals surface area contributed by atoms with Gasteiger partial charge >= 0.3 is 0 Å². The highest BCUT2D eigenvalue weighted by Gasteiger charge is 2.56. The highest BCUT2D eigenvalue weighted by molar-refractivity contribution is 9.12. The fourth-order valence-electron chi connectivity index (χ4n) is 7.00. The Hall–Kier alpha value is -4.04. The second-order valence-electron chi connectivity index (χ2n) is 10.9. The third kappa shape index (κ3) is 3.77. The van der Waals surface area contributed by atoms with Gasteiger partial charge in [0, 0.05) is 35.1 Å². The lowest BCUT2D eigenvalue weighted by atomic mass is 9.59. The molecule has 40 heavy (non-hydrogen) atoms. The van der Waals surface area contributed by atoms with Crippen LogP contribution in [0.2, 0.25) is 0 Å². The smallest absolute Gasteiger partial charge is 0.234 e. The maximum atomic E-state index is 13.9. The van der Waals surface area contributed by atoms with E-state index in [9.17, 15) is 24.3 Å². The van der Waals surface area contributed by atoms with Crippen molar-refractivity contribution >= 4 is 39.3 Å². The molecule has 1 N–H and O–H groups in total. The van der Waals surface area contributed by atoms with Gasteiger partial charge in [-0.15, -0.1) is 0 Å². The Kier molecular flexibility index (Phi) is 5.78. The van der Waals surface area contributed by atoms with Gasteiger partial charge in [0.05, 0.1) is 29.1 Å². The summed E-state index contributed by atoms with van der Waals surface area (Å²) in [6, 6.07) is 14.3. The predicted molar refractivity (Wildman–Crippen MR) is 148 cm³/mol. The summed E-state index contributed by atoms with van der Waals surface area (Å²) in [5, 5.41) is 10.1. The van der Waals surface area contributed by atoms with Crippen LogP contribution in [0.5, 0.6) is 11.5 Å². The number of halogens is 1. The normalized spacial score (nSPS) is 27.2. The van der Waals surface area contributed by atoms with E-state index in [4.69, 9.17) is 4.74 Å². The van der Waals surface area contributed by atoms with Crippen molar-refractivity contribution in [1.82, 2.24) is 4.90 Å². The van der Waals surface area contributed by atoms with Gasteiger partial charge in [-0.25, -0.2) is 0 Å². The molecule has 2 aromatic rings. The van der Waals surface area contributed by atoms with Gasteiger partial charge in [0.25, 0.3) is 0 Å². The number of carbonyl (C=O) groups excluding carboxylic acids is 4. The number of phenolic OH excluding ortho intramolecular Hbond substituents is 1. The monoisotopic (exact) mass is 597 g/mol. The molecule has 4 atom stereocenters. The number of imide groups is 1. The number of ether oxygens (including phenoxy) is 1. The largest absolute Gasteiger partial charge is 0.508 e. The first-order valence-corrected chi connectivity index (χ1v) is 14.1. The number of benzene rings is 2. The number of fused-ring (bicyclic) bond motifs is 4. The topological polar surface area (TPSA) is 101 Å². The summed E-state index contributed by atoms with van der Waals surface area (Å²) in [6.07, 6.45) is 5.95. The molecule has 0 aromatic heterocycles. The van der Waals surface area contributed by atoms with Crippen LogP contribution >= 0.6 is 15.9 Å². The van der Waals surface area contributed by atoms with E-state index in [0.29, 0.717) is 29.7 Å². The Labute approximate surface area is 238 Å². The maximum Gasteiger partial charge on any atom is 0.234 e. The molecule has 1 saturated heterocycles. The van der Waals surface area contributed by atoms with Crippen LogP contribution in [0.15, 0.2) is 93.7 Å². The predicted octanol–water partition coefficient (Wildman–Crippen LogP) is 4.71. The Morgan fingerprint density at radius 2 is 1.80 bits per heavy atom. The number of Topliss-reactive ketones (excluding diaryl/α,β-unsaturated/α-hetero) is 1. The number of ketones is 2. The molecule has 200 valence electrons. The Morgan fingerprint density at radius 3 is 2.60 bits per heavy atom. The summed E-state index contributed by atoms with van der Waals surface area (Å²) in [6.45, 7) is 0.204. The standard InChI is InChI=1S/C32H24BrNO6/c33-24-13-25(36)29-23(30(24)37)12-22-20(27(29)18-10-17-11-19(35)6-9-26(17)40-15-18)7-8-21-28(22)32(39)34(31(21)38)14-16-4-2-1-3-5-16/h1-7,9,11,13,15,21-22,27-28,35H,8,10,12,14H2/t21-,22+,27-,28-/m0/s1. The number of phenols is 1. The molecule has 7 nitrogen and oxygen atoms in total. The van der Waals surface area contributed by atoms with E-state index in [1.165, 1.54) is 11.0 Å². The molecule has 0 saturated carbocycles. The highest BCUT2D eigenvalue weighted by atomic mass is 79.9. The van der Waals surface area contributed by atoms with Gasteiger partial charge in [-0.2, -0.15) is 0 Å². The lowest BCUT2D eigenvalue weighted by Gasteiger charge is -2.43. The van der Waals surface area contributed by atoms with Crippen molar-refractivity contribution in [3.8, 4) is 11.5 Å². The number of aromatic hydroxyl groups is 1. The molecule has 1 fully saturated rings. The van der Waals surface area contributed by atoms with Gasteiger partial charge < -0.3 is 9.84 Å². The third-order valence-corrected chi connectivity index (χ3v) is 9.34. The van der Waals surface area contributed by atoms with Crippen LogP contribution in [0.1, 0.15) is 24.0 Å². The van der Waals surface area contributed by atoms with E-state index in [1.807, 2.05) is 36.4 Å². The zero-order valence-electron chi connectivity index (χ0n) is 21.3. The van der Waals surface area contributed by atoms with Gasteiger partial charge in [-0.1, -0.05) is 42.0 Å². The molecule has 0 spiro atoms. The molecule has 5 aliphatic rings. The molecule has 2 amide bonds. The first-order chi connectivity index (χ1) is 19.3. The molecule has 2 aliphatic heterocycles. The highest BCUT2D eigenvalue weighted by Crippen LogP contribution is 2.55. The number of hydrogen-bond donors (Lipinski definition) is 1. The van der Waals surface area contributed by atoms with Crippen molar-refractivity contribution in [1.29, 1.82) is 0 Å². The fourth-order valence-corrected chi connectivity index (χ4v) is 7.45. The van der Waals surface area contributed by atoms with Crippen LogP contribution in [-0.4, -0.2) is 33.4 Å². The van der Waals surface area contributed by atoms with E-state index in [1.54, 1.807) is 24.5 Å². The number of carbonyl (C=O) groups is 4. The number of allylic oxidation sites excluding steroid dienone is 7. The van der Waals surface area contributed by atoms with E-state index in [-0.39, 0.29) is 46.6 Å². The van der Waals surface area contributed by atoms with Crippen molar-refractivity contribution in [3.63, 3.8) is 0 Å². The van der Waals surface area contributed by atoms with Gasteiger partial charge in [0.2, 0.25) is 11.8 Å². The second-order valence-corrected chi connectivity index (χ2v) is 11.8. The summed E-state index contributed by atoms with van der Waals surface area (Å²) in [5.74, 6) is -2.31. The first-order valence-electron chi connectivity index (χ1n) is 13.3. The lowest BCUT2D eigenvalue weighted by molar-refractivity contribution is -0.140. The summed E-state index contributed by atoms with van der Waals surface area (Å²) < 4.78 is 6.12. The quantitative estimate of drug-likeness (QED) is 0.312. The van der Waals surface area contributed by atoms with Crippen LogP contribution in [0.4, 0.5) is 0 Å². The fraction of sp³-hybridized carbons (Fsp3) is 0.250. The lowest BCUT2D eigenvalue weighted by Crippen LogP contribution is -2.41. The number of likely N-dealkylation sites (tertiary alicyclic amines) is 1. The van der Waals surface area contributed by atoms with Crippen LogP contribution < -0.4 is 4.74 Å². The summed E-state index contributed by atoms with van der Waals surface area (Å²) >= 11 is 3.26. The first kappa shape index (κ1) is 25.0. The summed E-state index contributed by atoms with van der Waals surface area (Å²) in [4.78, 5) is 55.6. The zero-order valence-corrected chi connectivity index (χ0v) is 22.9. The SMILES string of the molecule is O=C1C=C(Br)C(=O)C2=C1[C@@H](C1=COc3ccc(O)cc3C1)C1=CC[C@@H]3C(=O)N(Cc4ccccc4)C(=O)[C@@H]3[C@@H]1C2. The van der Waals surface area contributed by atoms with Crippen molar-refractivity contribution in [2.24, 2.45) is 23.7 Å². The maximum absolute atomic E-state index is 13.9. The van der Waals surface area contributed by atoms with E-state index >= 15 is 0 Å². The molecule has 3 aliphatic carbocycles. The van der Waals surface area contributed by atoms with Crippen molar-refractivity contribution in [2.45, 2.75) is 25.8 Å². The number of hydrogen-bond acceptors (Lipinski definition) is 6. The van der Waals surface area contributed by atoms with Crippen molar-refractivity contribution in [2.75, 3.05) is 0 Å².